The Morgan fingerprint density at radius 3 is 2.89 bits per heavy atom. The number of carboxylic acids is 1. The molecule has 1 aliphatic carbocycles. The van der Waals surface area contributed by atoms with Crippen LogP contribution in [0.1, 0.15) is 36.9 Å². The minimum absolute atomic E-state index is 0.172. The highest BCUT2D eigenvalue weighted by molar-refractivity contribution is 5.73. The zero-order valence-corrected chi connectivity index (χ0v) is 11.7. The van der Waals surface area contributed by atoms with Gasteiger partial charge < -0.3 is 9.84 Å². The molecule has 19 heavy (non-hydrogen) atoms. The number of methoxy groups -OCH3 is 1. The number of aryl methyl sites for hydroxylation is 1. The number of likely N-dealkylation sites (N-methyl/N-ethyl adjacent to an activating group) is 1. The van der Waals surface area contributed by atoms with Crippen LogP contribution >= 0.6 is 0 Å². The first-order valence-corrected chi connectivity index (χ1v) is 6.70. The van der Waals surface area contributed by atoms with Crippen LogP contribution in [0.15, 0.2) is 18.2 Å². The Kier molecular flexibility index (Phi) is 4.10. The molecule has 2 unspecified atom stereocenters. The normalized spacial score (nSPS) is 19.3. The number of benzene rings is 1. The summed E-state index contributed by atoms with van der Waals surface area (Å²) >= 11 is 0. The second-order valence-electron chi connectivity index (χ2n) is 5.05. The van der Waals surface area contributed by atoms with Crippen molar-refractivity contribution in [2.24, 2.45) is 0 Å². The summed E-state index contributed by atoms with van der Waals surface area (Å²) < 4.78 is 5.27. The Morgan fingerprint density at radius 1 is 1.58 bits per heavy atom. The molecule has 0 bridgehead atoms. The maximum atomic E-state index is 11.3. The molecule has 1 aromatic rings. The third-order valence-corrected chi connectivity index (χ3v) is 4.05. The van der Waals surface area contributed by atoms with Crippen LogP contribution in [-0.4, -0.2) is 36.2 Å². The summed E-state index contributed by atoms with van der Waals surface area (Å²) in [5.41, 5.74) is 2.51. The van der Waals surface area contributed by atoms with Crippen LogP contribution in [0.4, 0.5) is 0 Å². The van der Waals surface area contributed by atoms with Crippen molar-refractivity contribution in [2.75, 3.05) is 14.2 Å². The maximum Gasteiger partial charge on any atom is 0.320 e. The van der Waals surface area contributed by atoms with E-state index in [1.807, 2.05) is 31.0 Å². The number of carbonyl (C=O) groups is 1. The maximum absolute atomic E-state index is 11.3. The summed E-state index contributed by atoms with van der Waals surface area (Å²) in [6.45, 7) is 1.91. The quantitative estimate of drug-likeness (QED) is 0.886. The van der Waals surface area contributed by atoms with Gasteiger partial charge in [-0.25, -0.2) is 0 Å². The number of carboxylic acid groups (broad SMARTS) is 1. The Bertz CT molecular complexity index is 472. The van der Waals surface area contributed by atoms with Gasteiger partial charge in [-0.05, 0) is 49.6 Å². The van der Waals surface area contributed by atoms with Crippen LogP contribution in [0.25, 0.3) is 0 Å². The van der Waals surface area contributed by atoms with Gasteiger partial charge in [-0.3, -0.25) is 9.69 Å². The highest BCUT2D eigenvalue weighted by atomic mass is 16.5. The molecular weight excluding hydrogens is 242 g/mol. The first kappa shape index (κ1) is 13.9. The fourth-order valence-electron chi connectivity index (χ4n) is 2.96. The molecule has 0 fully saturated rings. The molecule has 0 heterocycles. The minimum Gasteiger partial charge on any atom is -0.497 e. The third-order valence-electron chi connectivity index (χ3n) is 4.05. The van der Waals surface area contributed by atoms with E-state index in [4.69, 9.17) is 4.74 Å². The van der Waals surface area contributed by atoms with E-state index in [0.29, 0.717) is 6.42 Å². The first-order chi connectivity index (χ1) is 9.08. The second kappa shape index (κ2) is 5.61. The molecule has 0 amide bonds. The van der Waals surface area contributed by atoms with Gasteiger partial charge in [-0.1, -0.05) is 13.0 Å². The van der Waals surface area contributed by atoms with E-state index in [-0.39, 0.29) is 6.04 Å². The van der Waals surface area contributed by atoms with E-state index in [1.165, 1.54) is 11.1 Å². The van der Waals surface area contributed by atoms with E-state index >= 15 is 0 Å². The zero-order valence-electron chi connectivity index (χ0n) is 11.7. The van der Waals surface area contributed by atoms with Crippen LogP contribution in [0.5, 0.6) is 5.75 Å². The molecule has 104 valence electrons. The summed E-state index contributed by atoms with van der Waals surface area (Å²) in [4.78, 5) is 13.3. The Labute approximate surface area is 114 Å². The van der Waals surface area contributed by atoms with Crippen LogP contribution in [0.3, 0.4) is 0 Å². The van der Waals surface area contributed by atoms with Gasteiger partial charge in [-0.2, -0.15) is 0 Å². The van der Waals surface area contributed by atoms with Crippen molar-refractivity contribution in [3.63, 3.8) is 0 Å². The topological polar surface area (TPSA) is 49.8 Å². The average molecular weight is 263 g/mol. The van der Waals surface area contributed by atoms with Crippen LogP contribution in [0, 0.1) is 0 Å². The van der Waals surface area contributed by atoms with Gasteiger partial charge in [0.2, 0.25) is 0 Å². The molecule has 0 spiro atoms. The molecule has 4 heteroatoms. The largest absolute Gasteiger partial charge is 0.497 e. The molecular formula is C15H21NO3. The van der Waals surface area contributed by atoms with Gasteiger partial charge in [0.05, 0.1) is 7.11 Å². The van der Waals surface area contributed by atoms with Crippen LogP contribution in [-0.2, 0) is 11.2 Å². The fraction of sp³-hybridized carbons (Fsp3) is 0.533. The van der Waals surface area contributed by atoms with E-state index in [2.05, 4.69) is 6.07 Å². The Balaban J connectivity index is 2.27. The summed E-state index contributed by atoms with van der Waals surface area (Å²) in [5, 5.41) is 9.29. The zero-order chi connectivity index (χ0) is 14.0. The molecule has 4 nitrogen and oxygen atoms in total. The van der Waals surface area contributed by atoms with Crippen LogP contribution in [0.2, 0.25) is 0 Å². The second-order valence-corrected chi connectivity index (χ2v) is 5.05. The van der Waals surface area contributed by atoms with Crippen molar-refractivity contribution in [1.29, 1.82) is 0 Å². The van der Waals surface area contributed by atoms with Crippen molar-refractivity contribution in [3.8, 4) is 5.75 Å². The molecule has 0 saturated heterocycles. The molecule has 1 aliphatic rings. The molecule has 2 atom stereocenters. The van der Waals surface area contributed by atoms with Gasteiger partial charge in [0, 0.05) is 6.04 Å². The van der Waals surface area contributed by atoms with Gasteiger partial charge >= 0.3 is 5.97 Å². The SMILES string of the molecule is CCC(C(=O)O)N(C)C1CCc2ccc(OC)cc21. The number of nitrogens with zero attached hydrogens (tertiary/aromatic N) is 1. The van der Waals surface area contributed by atoms with Crippen LogP contribution < -0.4 is 4.74 Å². The predicted molar refractivity (Wildman–Crippen MR) is 73.5 cm³/mol. The minimum atomic E-state index is -0.749. The molecule has 1 N–H and O–H groups in total. The van der Waals surface area contributed by atoms with Gasteiger partial charge in [-0.15, -0.1) is 0 Å². The van der Waals surface area contributed by atoms with Gasteiger partial charge in [0.25, 0.3) is 0 Å². The standard InChI is InChI=1S/C15H21NO3/c1-4-13(15(17)18)16(2)14-8-6-10-5-7-11(19-3)9-12(10)14/h5,7,9,13-14H,4,6,8H2,1-3H3,(H,17,18). The summed E-state index contributed by atoms with van der Waals surface area (Å²) in [5.74, 6) is 0.0868. The lowest BCUT2D eigenvalue weighted by Crippen LogP contribution is -2.39. The number of aliphatic carboxylic acids is 1. The number of rotatable bonds is 5. The van der Waals surface area contributed by atoms with E-state index in [0.717, 1.165) is 18.6 Å². The summed E-state index contributed by atoms with van der Waals surface area (Å²) in [6.07, 6.45) is 2.59. The number of hydrogen-bond acceptors (Lipinski definition) is 3. The number of ether oxygens (including phenoxy) is 1. The lowest BCUT2D eigenvalue weighted by molar-refractivity contribution is -0.143. The average Bonchev–Trinajstić information content (AvgIpc) is 2.81. The molecule has 0 saturated carbocycles. The number of fused-ring (bicyclic) bond motifs is 1. The lowest BCUT2D eigenvalue weighted by atomic mass is 10.0. The van der Waals surface area contributed by atoms with E-state index in [1.54, 1.807) is 7.11 Å². The highest BCUT2D eigenvalue weighted by Crippen LogP contribution is 2.38. The Morgan fingerprint density at radius 2 is 2.32 bits per heavy atom. The molecule has 2 rings (SSSR count). The number of hydrogen-bond donors (Lipinski definition) is 1. The monoisotopic (exact) mass is 263 g/mol. The Hall–Kier alpha value is -1.55. The lowest BCUT2D eigenvalue weighted by Gasteiger charge is -2.30. The van der Waals surface area contributed by atoms with Crippen molar-refractivity contribution < 1.29 is 14.6 Å². The summed E-state index contributed by atoms with van der Waals surface area (Å²) in [7, 11) is 3.56. The third kappa shape index (κ3) is 2.59. The first-order valence-electron chi connectivity index (χ1n) is 6.70. The highest BCUT2D eigenvalue weighted by Gasteiger charge is 2.32. The van der Waals surface area contributed by atoms with E-state index in [9.17, 15) is 9.90 Å². The van der Waals surface area contributed by atoms with Crippen molar-refractivity contribution >= 4 is 5.97 Å². The van der Waals surface area contributed by atoms with Gasteiger partial charge in [0.1, 0.15) is 11.8 Å². The van der Waals surface area contributed by atoms with Gasteiger partial charge in [0.15, 0.2) is 0 Å². The predicted octanol–water partition coefficient (Wildman–Crippen LogP) is 2.48. The van der Waals surface area contributed by atoms with Crippen molar-refractivity contribution in [2.45, 2.75) is 38.3 Å². The van der Waals surface area contributed by atoms with E-state index < -0.39 is 12.0 Å². The fourth-order valence-corrected chi connectivity index (χ4v) is 2.96. The smallest absolute Gasteiger partial charge is 0.320 e. The van der Waals surface area contributed by atoms with Crippen molar-refractivity contribution in [3.05, 3.63) is 29.3 Å². The molecule has 0 radical (unpaired) electrons. The molecule has 0 aliphatic heterocycles. The molecule has 0 aromatic heterocycles. The summed E-state index contributed by atoms with van der Waals surface area (Å²) in [6, 6.07) is 5.84. The molecule has 1 aromatic carbocycles. The van der Waals surface area contributed by atoms with Crippen molar-refractivity contribution in [1.82, 2.24) is 4.90 Å².